The van der Waals surface area contributed by atoms with E-state index in [1.165, 1.54) is 0 Å². The maximum atomic E-state index is 12.3. The molecule has 0 spiro atoms. The maximum absolute atomic E-state index is 12.3. The van der Waals surface area contributed by atoms with E-state index >= 15 is 0 Å². The molecule has 0 aliphatic carbocycles. The number of carbonyl (C=O) groups is 2. The Morgan fingerprint density at radius 3 is 2.92 bits per heavy atom. The normalized spacial score (nSPS) is 17.2. The minimum absolute atomic E-state index is 0.0202. The van der Waals surface area contributed by atoms with Gasteiger partial charge in [0.15, 0.2) is 0 Å². The van der Waals surface area contributed by atoms with Crippen molar-refractivity contribution in [3.8, 4) is 0 Å². The van der Waals surface area contributed by atoms with Crippen molar-refractivity contribution in [2.45, 2.75) is 19.3 Å². The lowest BCUT2D eigenvalue weighted by molar-refractivity contribution is -0.126. The molecule has 2 N–H and O–H groups in total. The number of hydrogen-bond acceptors (Lipinski definition) is 4. The highest BCUT2D eigenvalue weighted by Gasteiger charge is 2.28. The molecular formula is C17H27N5O2. The van der Waals surface area contributed by atoms with Gasteiger partial charge in [0.2, 0.25) is 5.91 Å². The second-order valence-corrected chi connectivity index (χ2v) is 6.28. The monoisotopic (exact) mass is 333 g/mol. The first kappa shape index (κ1) is 18.0. The number of urea groups is 1. The Balaban J connectivity index is 1.65. The lowest BCUT2D eigenvalue weighted by Gasteiger charge is -2.33. The van der Waals surface area contributed by atoms with E-state index in [4.69, 9.17) is 0 Å². The number of likely N-dealkylation sites (tertiary alicyclic amines) is 1. The van der Waals surface area contributed by atoms with Gasteiger partial charge in [-0.15, -0.1) is 0 Å². The van der Waals surface area contributed by atoms with Gasteiger partial charge in [-0.25, -0.2) is 4.79 Å². The Bertz CT molecular complexity index is 535. The number of hydrogen-bond donors (Lipinski definition) is 2. The van der Waals surface area contributed by atoms with Crippen LogP contribution in [0.4, 0.5) is 10.5 Å². The number of anilines is 1. The number of piperidine rings is 1. The Hall–Kier alpha value is -2.31. The first-order valence-electron chi connectivity index (χ1n) is 8.46. The molecule has 1 aromatic rings. The van der Waals surface area contributed by atoms with Gasteiger partial charge in [0, 0.05) is 52.7 Å². The van der Waals surface area contributed by atoms with Crippen LogP contribution in [-0.4, -0.2) is 67.0 Å². The number of amides is 3. The zero-order valence-electron chi connectivity index (χ0n) is 14.5. The van der Waals surface area contributed by atoms with Crippen LogP contribution in [0.25, 0.3) is 0 Å². The van der Waals surface area contributed by atoms with Gasteiger partial charge in [-0.05, 0) is 31.4 Å². The molecule has 1 saturated heterocycles. The number of aromatic nitrogens is 1. The molecule has 24 heavy (non-hydrogen) atoms. The van der Waals surface area contributed by atoms with Crippen LogP contribution in [0.15, 0.2) is 24.5 Å². The van der Waals surface area contributed by atoms with Gasteiger partial charge in [0.1, 0.15) is 0 Å². The molecule has 1 aliphatic heterocycles. The summed E-state index contributed by atoms with van der Waals surface area (Å²) in [5, 5.41) is 6.24. The molecule has 1 aliphatic rings. The Labute approximate surface area is 143 Å². The van der Waals surface area contributed by atoms with Gasteiger partial charge in [-0.1, -0.05) is 0 Å². The minimum Gasteiger partial charge on any atom is -0.384 e. The lowest BCUT2D eigenvalue weighted by atomic mass is 9.97. The highest BCUT2D eigenvalue weighted by Crippen LogP contribution is 2.17. The SMILES string of the molecule is CN(C)C(=O)N1CCC[C@H](C(=O)NCCCNc2cccnc2)C1. The molecule has 1 fully saturated rings. The van der Waals surface area contributed by atoms with Crippen LogP contribution < -0.4 is 10.6 Å². The highest BCUT2D eigenvalue weighted by molar-refractivity contribution is 5.80. The van der Waals surface area contributed by atoms with Crippen molar-refractivity contribution in [1.29, 1.82) is 0 Å². The van der Waals surface area contributed by atoms with Crippen molar-refractivity contribution >= 4 is 17.6 Å². The number of nitrogens with zero attached hydrogens (tertiary/aromatic N) is 3. The molecular weight excluding hydrogens is 306 g/mol. The average Bonchev–Trinajstić information content (AvgIpc) is 2.61. The van der Waals surface area contributed by atoms with E-state index < -0.39 is 0 Å². The summed E-state index contributed by atoms with van der Waals surface area (Å²) in [6.45, 7) is 2.65. The van der Waals surface area contributed by atoms with Gasteiger partial charge in [0.25, 0.3) is 0 Å². The third-order valence-corrected chi connectivity index (χ3v) is 4.09. The quantitative estimate of drug-likeness (QED) is 0.771. The smallest absolute Gasteiger partial charge is 0.319 e. The van der Waals surface area contributed by atoms with Gasteiger partial charge in [-0.3, -0.25) is 9.78 Å². The van der Waals surface area contributed by atoms with E-state index in [0.717, 1.165) is 38.0 Å². The molecule has 3 amide bonds. The van der Waals surface area contributed by atoms with Crippen molar-refractivity contribution in [3.05, 3.63) is 24.5 Å². The van der Waals surface area contributed by atoms with Crippen molar-refractivity contribution in [2.24, 2.45) is 5.92 Å². The molecule has 132 valence electrons. The van der Waals surface area contributed by atoms with Gasteiger partial charge < -0.3 is 20.4 Å². The molecule has 7 heteroatoms. The summed E-state index contributed by atoms with van der Waals surface area (Å²) in [5.41, 5.74) is 0.981. The van der Waals surface area contributed by atoms with Crippen LogP contribution in [0.3, 0.4) is 0 Å². The Kier molecular flexibility index (Phi) is 6.84. The second kappa shape index (κ2) is 9.10. The number of rotatable bonds is 6. The first-order chi connectivity index (χ1) is 11.6. The standard InChI is InChI=1S/C17H27N5O2/c1-21(2)17(24)22-11-4-6-14(13-22)16(23)20-10-5-9-19-15-7-3-8-18-12-15/h3,7-8,12,14,19H,4-6,9-11,13H2,1-2H3,(H,20,23)/t14-/m0/s1. The van der Waals surface area contributed by atoms with Crippen LogP contribution in [0.1, 0.15) is 19.3 Å². The van der Waals surface area contributed by atoms with E-state index in [9.17, 15) is 9.59 Å². The van der Waals surface area contributed by atoms with E-state index in [-0.39, 0.29) is 17.9 Å². The second-order valence-electron chi connectivity index (χ2n) is 6.28. The fraction of sp³-hybridized carbons (Fsp3) is 0.588. The van der Waals surface area contributed by atoms with Crippen molar-refractivity contribution in [3.63, 3.8) is 0 Å². The van der Waals surface area contributed by atoms with E-state index in [2.05, 4.69) is 15.6 Å². The zero-order chi connectivity index (χ0) is 17.4. The minimum atomic E-state index is -0.103. The van der Waals surface area contributed by atoms with E-state index in [1.807, 2.05) is 12.1 Å². The molecule has 0 bridgehead atoms. The fourth-order valence-corrected chi connectivity index (χ4v) is 2.79. The van der Waals surface area contributed by atoms with Crippen molar-refractivity contribution in [1.82, 2.24) is 20.1 Å². The lowest BCUT2D eigenvalue weighted by Crippen LogP contribution is -2.48. The zero-order valence-corrected chi connectivity index (χ0v) is 14.5. The summed E-state index contributed by atoms with van der Waals surface area (Å²) in [7, 11) is 3.47. The van der Waals surface area contributed by atoms with Crippen LogP contribution in [0.5, 0.6) is 0 Å². The summed E-state index contributed by atoms with van der Waals surface area (Å²) in [6, 6.07) is 3.82. The van der Waals surface area contributed by atoms with Gasteiger partial charge in [-0.2, -0.15) is 0 Å². The third kappa shape index (κ3) is 5.40. The first-order valence-corrected chi connectivity index (χ1v) is 8.46. The van der Waals surface area contributed by atoms with E-state index in [0.29, 0.717) is 13.1 Å². The fourth-order valence-electron chi connectivity index (χ4n) is 2.79. The van der Waals surface area contributed by atoms with Crippen molar-refractivity contribution < 1.29 is 9.59 Å². The molecule has 1 aromatic heterocycles. The van der Waals surface area contributed by atoms with Crippen LogP contribution in [-0.2, 0) is 4.79 Å². The van der Waals surface area contributed by atoms with Crippen LogP contribution in [0.2, 0.25) is 0 Å². The van der Waals surface area contributed by atoms with Crippen molar-refractivity contribution in [2.75, 3.05) is 45.6 Å². The molecule has 2 rings (SSSR count). The molecule has 7 nitrogen and oxygen atoms in total. The predicted octanol–water partition coefficient (Wildman–Crippen LogP) is 1.39. The molecule has 0 aromatic carbocycles. The van der Waals surface area contributed by atoms with Gasteiger partial charge >= 0.3 is 6.03 Å². The number of carbonyl (C=O) groups excluding carboxylic acids is 2. The Morgan fingerprint density at radius 2 is 2.21 bits per heavy atom. The summed E-state index contributed by atoms with van der Waals surface area (Å²) < 4.78 is 0. The summed E-state index contributed by atoms with van der Waals surface area (Å²) in [6.07, 6.45) is 6.07. The highest BCUT2D eigenvalue weighted by atomic mass is 16.2. The van der Waals surface area contributed by atoms with Gasteiger partial charge in [0.05, 0.1) is 11.6 Å². The average molecular weight is 333 g/mol. The third-order valence-electron chi connectivity index (χ3n) is 4.09. The van der Waals surface area contributed by atoms with E-state index in [1.54, 1.807) is 36.3 Å². The summed E-state index contributed by atoms with van der Waals surface area (Å²) in [4.78, 5) is 31.6. The summed E-state index contributed by atoms with van der Waals surface area (Å²) in [5.74, 6) is -0.0541. The molecule has 0 radical (unpaired) electrons. The summed E-state index contributed by atoms with van der Waals surface area (Å²) >= 11 is 0. The van der Waals surface area contributed by atoms with Crippen LogP contribution >= 0.6 is 0 Å². The molecule has 1 atom stereocenters. The molecule has 2 heterocycles. The Morgan fingerprint density at radius 1 is 1.38 bits per heavy atom. The maximum Gasteiger partial charge on any atom is 0.319 e. The topological polar surface area (TPSA) is 77.6 Å². The number of nitrogens with one attached hydrogen (secondary N) is 2. The molecule has 0 saturated carbocycles. The number of pyridine rings is 1. The largest absolute Gasteiger partial charge is 0.384 e. The molecule has 0 unspecified atom stereocenters. The van der Waals surface area contributed by atoms with Crippen LogP contribution in [0, 0.1) is 5.92 Å². The predicted molar refractivity (Wildman–Crippen MR) is 93.7 cm³/mol.